The molecule has 0 saturated heterocycles. The van der Waals surface area contributed by atoms with Gasteiger partial charge >= 0.3 is 13.8 Å². The molecule has 0 saturated carbocycles. The van der Waals surface area contributed by atoms with Crippen LogP contribution in [0.3, 0.4) is 0 Å². The van der Waals surface area contributed by atoms with Crippen LogP contribution < -0.4 is 5.32 Å². The second-order valence-corrected chi connectivity index (χ2v) is 24.0. The first-order valence-corrected chi connectivity index (χ1v) is 33.6. The van der Waals surface area contributed by atoms with E-state index in [2.05, 4.69) is 111 Å². The van der Waals surface area contributed by atoms with Crippen molar-refractivity contribution < 1.29 is 37.3 Å². The van der Waals surface area contributed by atoms with Crippen LogP contribution in [0.25, 0.3) is 0 Å². The highest BCUT2D eigenvalue weighted by molar-refractivity contribution is 7.47. The highest BCUT2D eigenvalue weighted by Crippen LogP contribution is 2.43. The van der Waals surface area contributed by atoms with Crippen LogP contribution >= 0.6 is 7.82 Å². The van der Waals surface area contributed by atoms with Crippen molar-refractivity contribution >= 4 is 19.7 Å². The van der Waals surface area contributed by atoms with E-state index in [1.54, 1.807) is 0 Å². The van der Waals surface area contributed by atoms with Crippen molar-refractivity contribution in [2.45, 2.75) is 283 Å². The molecule has 0 heterocycles. The van der Waals surface area contributed by atoms with E-state index < -0.39 is 20.0 Å². The Morgan fingerprint density at radius 1 is 0.462 bits per heavy atom. The summed E-state index contributed by atoms with van der Waals surface area (Å²) in [5, 5.41) is 3.05. The van der Waals surface area contributed by atoms with Gasteiger partial charge in [-0.1, -0.05) is 247 Å². The predicted octanol–water partition coefficient (Wildman–Crippen LogP) is 19.9. The molecule has 0 radical (unpaired) electrons. The zero-order valence-corrected chi connectivity index (χ0v) is 52.3. The summed E-state index contributed by atoms with van der Waals surface area (Å²) in [6.45, 7) is 6.86. The SMILES string of the molecule is CC/C=C/C/C=C/C/C=C/CCCCCCCCC(=O)NC(COP(=O)(O)OCC[N+](C)(C)C)C(/C=C\CCCCCCCCCCCCC)OC(=O)CCCCCCCCC/C=C\C/C=C\C/C=C\C/C=C\CCCCC. The molecule has 10 heteroatoms. The quantitative estimate of drug-likeness (QED) is 0.0205. The first-order valence-electron chi connectivity index (χ1n) is 32.1. The molecule has 0 aromatic heterocycles. The van der Waals surface area contributed by atoms with Gasteiger partial charge in [-0.05, 0) is 109 Å². The Morgan fingerprint density at radius 3 is 1.26 bits per heavy atom. The third-order valence-electron chi connectivity index (χ3n) is 13.8. The number of ether oxygens (including phenoxy) is 1. The highest BCUT2D eigenvalue weighted by Gasteiger charge is 2.30. The van der Waals surface area contributed by atoms with Crippen LogP contribution in [0.5, 0.6) is 0 Å². The van der Waals surface area contributed by atoms with Crippen molar-refractivity contribution in [3.8, 4) is 0 Å². The Balaban J connectivity index is 5.27. The molecule has 0 bridgehead atoms. The number of hydrogen-bond donors (Lipinski definition) is 2. The first-order chi connectivity index (χ1) is 37.9. The molecule has 0 fully saturated rings. The summed E-state index contributed by atoms with van der Waals surface area (Å²) in [7, 11) is 1.47. The average Bonchev–Trinajstić information content (AvgIpc) is 3.40. The average molecular weight is 1110 g/mol. The summed E-state index contributed by atoms with van der Waals surface area (Å²) in [4.78, 5) is 37.8. The number of rotatable bonds is 57. The summed E-state index contributed by atoms with van der Waals surface area (Å²) in [6, 6.07) is -0.866. The monoisotopic (exact) mass is 1110 g/mol. The van der Waals surface area contributed by atoms with Crippen molar-refractivity contribution in [3.05, 3.63) is 97.2 Å². The lowest BCUT2D eigenvalue weighted by Gasteiger charge is -2.27. The molecule has 3 atom stereocenters. The number of carbonyl (C=O) groups excluding carboxylic acids is 2. The molecule has 0 aliphatic carbocycles. The number of hydrogen-bond acceptors (Lipinski definition) is 6. The number of amides is 1. The van der Waals surface area contributed by atoms with Crippen LogP contribution in [-0.2, 0) is 27.9 Å². The molecule has 78 heavy (non-hydrogen) atoms. The Kier molecular flexibility index (Phi) is 54.9. The third kappa shape index (κ3) is 57.6. The number of carbonyl (C=O) groups is 2. The van der Waals surface area contributed by atoms with E-state index in [1.807, 2.05) is 33.3 Å². The summed E-state index contributed by atoms with van der Waals surface area (Å²) < 4.78 is 30.7. The van der Waals surface area contributed by atoms with E-state index in [1.165, 1.54) is 103 Å². The molecule has 1 amide bonds. The molecule has 0 aromatic carbocycles. The van der Waals surface area contributed by atoms with Gasteiger partial charge in [-0.2, -0.15) is 0 Å². The highest BCUT2D eigenvalue weighted by atomic mass is 31.2. The van der Waals surface area contributed by atoms with E-state index >= 15 is 0 Å². The van der Waals surface area contributed by atoms with E-state index in [-0.39, 0.29) is 31.5 Å². The van der Waals surface area contributed by atoms with Crippen molar-refractivity contribution in [2.75, 3.05) is 40.9 Å². The van der Waals surface area contributed by atoms with Gasteiger partial charge in [0, 0.05) is 12.8 Å². The van der Waals surface area contributed by atoms with E-state index in [4.69, 9.17) is 13.8 Å². The maximum absolute atomic E-state index is 13.6. The Morgan fingerprint density at radius 2 is 0.821 bits per heavy atom. The number of phosphoric acid groups is 1. The lowest BCUT2D eigenvalue weighted by atomic mass is 10.0. The fourth-order valence-corrected chi connectivity index (χ4v) is 9.56. The van der Waals surface area contributed by atoms with Crippen LogP contribution in [0.1, 0.15) is 271 Å². The van der Waals surface area contributed by atoms with Crippen LogP contribution in [0, 0.1) is 0 Å². The van der Waals surface area contributed by atoms with E-state index in [0.29, 0.717) is 17.4 Å². The Labute approximate surface area is 481 Å². The minimum atomic E-state index is -4.46. The van der Waals surface area contributed by atoms with Crippen LogP contribution in [0.15, 0.2) is 97.2 Å². The first kappa shape index (κ1) is 74.9. The zero-order valence-electron chi connectivity index (χ0n) is 51.4. The number of esters is 1. The second kappa shape index (κ2) is 57.2. The Bertz CT molecular complexity index is 1660. The standard InChI is InChI=1S/C68H121N2O7P/c1-7-10-13-16-19-22-25-28-30-32-33-34-35-36-37-38-40-43-46-49-52-55-58-61-68(72)77-66(59-56-53-50-47-44-41-27-24-21-18-15-12-9-3)65(64-76-78(73,74)75-63-62-70(4,5)6)69-67(71)60-57-54-51-48-45-42-39-31-29-26-23-20-17-14-11-8-2/h11,14,19-20,22-23,28-31,33-34,36-37,56,59,65-66H,7-10,12-13,15-18,21,24-27,32,35,38-55,57-58,60-64H2,1-6H3,(H-,69,71,73,74)/p+1/b14-11+,22-19-,23-20+,30-28-,31-29+,34-33-,37-36-,59-56-. The second-order valence-electron chi connectivity index (χ2n) is 22.5. The molecule has 0 aliphatic rings. The topological polar surface area (TPSA) is 111 Å². The Hall–Kier alpha value is -3.07. The van der Waals surface area contributed by atoms with Gasteiger partial charge in [0.05, 0.1) is 33.8 Å². The van der Waals surface area contributed by atoms with Gasteiger partial charge in [0.15, 0.2) is 0 Å². The van der Waals surface area contributed by atoms with E-state index in [0.717, 1.165) is 135 Å². The van der Waals surface area contributed by atoms with Gasteiger partial charge in [-0.15, -0.1) is 0 Å². The largest absolute Gasteiger partial charge is 0.472 e. The number of allylic oxidation sites excluding steroid dienone is 15. The molecule has 0 spiro atoms. The van der Waals surface area contributed by atoms with E-state index in [9.17, 15) is 19.0 Å². The molecule has 3 unspecified atom stereocenters. The van der Waals surface area contributed by atoms with Crippen molar-refractivity contribution in [1.29, 1.82) is 0 Å². The molecule has 0 aromatic rings. The lowest BCUT2D eigenvalue weighted by molar-refractivity contribution is -0.870. The van der Waals surface area contributed by atoms with Gasteiger partial charge in [0.2, 0.25) is 5.91 Å². The molecule has 0 rings (SSSR count). The van der Waals surface area contributed by atoms with Crippen molar-refractivity contribution in [3.63, 3.8) is 0 Å². The molecule has 2 N–H and O–H groups in total. The number of quaternary nitrogens is 1. The van der Waals surface area contributed by atoms with Crippen LogP contribution in [0.4, 0.5) is 0 Å². The van der Waals surface area contributed by atoms with Crippen LogP contribution in [0.2, 0.25) is 0 Å². The minimum Gasteiger partial charge on any atom is -0.456 e. The van der Waals surface area contributed by atoms with Gasteiger partial charge in [-0.25, -0.2) is 4.57 Å². The fourth-order valence-electron chi connectivity index (χ4n) is 8.82. The zero-order chi connectivity index (χ0) is 57.2. The summed E-state index contributed by atoms with van der Waals surface area (Å²) >= 11 is 0. The maximum atomic E-state index is 13.6. The smallest absolute Gasteiger partial charge is 0.456 e. The van der Waals surface area contributed by atoms with Crippen molar-refractivity contribution in [2.24, 2.45) is 0 Å². The number of likely N-dealkylation sites (N-methyl/N-ethyl adjacent to an activating group) is 1. The normalized spacial score (nSPS) is 14.3. The molecule has 450 valence electrons. The minimum absolute atomic E-state index is 0.0312. The number of nitrogens with one attached hydrogen (secondary N) is 1. The van der Waals surface area contributed by atoms with Gasteiger partial charge in [-0.3, -0.25) is 18.6 Å². The van der Waals surface area contributed by atoms with Gasteiger partial charge in [0.1, 0.15) is 19.3 Å². The molecule has 0 aliphatic heterocycles. The maximum Gasteiger partial charge on any atom is 0.472 e. The summed E-state index contributed by atoms with van der Waals surface area (Å²) in [5.41, 5.74) is 0. The fraction of sp³-hybridized carbons (Fsp3) is 0.735. The molecular formula is C68H122N2O7P+. The predicted molar refractivity (Wildman–Crippen MR) is 337 cm³/mol. The number of unbranched alkanes of at least 4 members (excludes halogenated alkanes) is 27. The number of phosphoric ester groups is 1. The summed E-state index contributed by atoms with van der Waals surface area (Å²) in [5.74, 6) is -0.534. The molecule has 9 nitrogen and oxygen atoms in total. The molecular weight excluding hydrogens is 988 g/mol. The van der Waals surface area contributed by atoms with Gasteiger partial charge < -0.3 is 19.4 Å². The third-order valence-corrected chi connectivity index (χ3v) is 14.7. The van der Waals surface area contributed by atoms with Crippen LogP contribution in [-0.4, -0.2) is 74.3 Å². The van der Waals surface area contributed by atoms with Crippen molar-refractivity contribution in [1.82, 2.24) is 5.32 Å². The summed E-state index contributed by atoms with van der Waals surface area (Å²) in [6.07, 6.45) is 76.8. The lowest BCUT2D eigenvalue weighted by Crippen LogP contribution is -2.47. The van der Waals surface area contributed by atoms with Gasteiger partial charge in [0.25, 0.3) is 0 Å². The number of nitrogens with zero attached hydrogens (tertiary/aromatic N) is 1.